The second-order valence-corrected chi connectivity index (χ2v) is 17.1. The van der Waals surface area contributed by atoms with Crippen molar-refractivity contribution in [3.8, 4) is 0 Å². The van der Waals surface area contributed by atoms with Crippen LogP contribution in [0.5, 0.6) is 0 Å². The Labute approximate surface area is 326 Å². The molecule has 9 rings (SSSR count). The zero-order chi connectivity index (χ0) is 34.5. The Balaban J connectivity index is 0.000000135. The van der Waals surface area contributed by atoms with Crippen LogP contribution in [0.1, 0.15) is 17.9 Å². The third-order valence-corrected chi connectivity index (χ3v) is 14.1. The van der Waals surface area contributed by atoms with E-state index in [2.05, 4.69) is 219 Å². The van der Waals surface area contributed by atoms with Gasteiger partial charge in [0.2, 0.25) is 0 Å². The minimum absolute atomic E-state index is 0. The van der Waals surface area contributed by atoms with Crippen LogP contribution in [0.25, 0.3) is 0 Å². The zero-order valence-electron chi connectivity index (χ0n) is 29.0. The number of rotatable bonds is 7. The van der Waals surface area contributed by atoms with Crippen molar-refractivity contribution in [2.75, 3.05) is 0 Å². The molecule has 258 valence electrons. The van der Waals surface area contributed by atoms with E-state index in [9.17, 15) is 0 Å². The van der Waals surface area contributed by atoms with Gasteiger partial charge in [-0.05, 0) is 53.6 Å². The van der Waals surface area contributed by atoms with E-state index in [-0.39, 0.29) is 20.4 Å². The molecule has 52 heavy (non-hydrogen) atoms. The molecule has 3 heteroatoms. The first-order chi connectivity index (χ1) is 25.3. The third-order valence-electron chi connectivity index (χ3n) is 9.24. The van der Waals surface area contributed by atoms with Crippen LogP contribution in [0.15, 0.2) is 218 Å². The number of hydrogen-bond acceptors (Lipinski definition) is 0. The number of hydrogen-bond donors (Lipinski definition) is 0. The largest absolute Gasteiger partial charge is 2.00 e. The van der Waals surface area contributed by atoms with Crippen molar-refractivity contribution in [1.29, 1.82) is 0 Å². The van der Waals surface area contributed by atoms with Crippen molar-refractivity contribution in [2.24, 2.45) is 11.8 Å². The Bertz CT molecular complexity index is 1730. The summed E-state index contributed by atoms with van der Waals surface area (Å²) in [5.41, 5.74) is 1.36. The van der Waals surface area contributed by atoms with Gasteiger partial charge in [-0.15, -0.1) is 12.0 Å². The smallest absolute Gasteiger partial charge is 0.316 e. The molecule has 1 saturated carbocycles. The molecule has 0 aromatic heterocycles. The van der Waals surface area contributed by atoms with E-state index in [0.717, 1.165) is 11.8 Å². The summed E-state index contributed by atoms with van der Waals surface area (Å²) in [5.74, 6) is 2.13. The van der Waals surface area contributed by atoms with E-state index in [1.807, 2.05) is 12.1 Å². The maximum Gasteiger partial charge on any atom is 2.00 e. The summed E-state index contributed by atoms with van der Waals surface area (Å²) in [7, 11) is -0.892. The van der Waals surface area contributed by atoms with Gasteiger partial charge in [0.15, 0.2) is 0 Å². The minimum atomic E-state index is -0.446. The van der Waals surface area contributed by atoms with Gasteiger partial charge in [-0.2, -0.15) is 41.8 Å². The third kappa shape index (κ3) is 9.81. The SMILES string of the molecule is [Pd+2].[c-]1ccccc1[C@H]1[CH-][C@@H]2C=C[C@H]1C2.c1ccc(P(c2ccccc2)c2ccccc2)cc1.c1ccc(P(c2ccccc2)c2ccccc2)cc1. The molecule has 0 radical (unpaired) electrons. The average Bonchev–Trinajstić information content (AvgIpc) is 3.87. The van der Waals surface area contributed by atoms with E-state index in [4.69, 9.17) is 0 Å². The fourth-order valence-electron chi connectivity index (χ4n) is 6.88. The molecule has 0 saturated heterocycles. The Morgan fingerprint density at radius 1 is 0.404 bits per heavy atom. The van der Waals surface area contributed by atoms with Crippen LogP contribution in [0.2, 0.25) is 0 Å². The van der Waals surface area contributed by atoms with Gasteiger partial charge in [-0.3, -0.25) is 0 Å². The van der Waals surface area contributed by atoms with Crippen LogP contribution < -0.4 is 31.8 Å². The zero-order valence-corrected chi connectivity index (χ0v) is 32.4. The molecular weight excluding hydrogens is 757 g/mol. The van der Waals surface area contributed by atoms with Crippen molar-refractivity contribution in [1.82, 2.24) is 0 Å². The molecular formula is C49H42P2Pd. The number of allylic oxidation sites excluding steroid dienone is 2. The fourth-order valence-corrected chi connectivity index (χ4v) is 11.5. The minimum Gasteiger partial charge on any atom is -0.316 e. The maximum atomic E-state index is 3.33. The molecule has 7 aromatic carbocycles. The van der Waals surface area contributed by atoms with Crippen LogP contribution >= 0.6 is 15.8 Å². The van der Waals surface area contributed by atoms with Crippen molar-refractivity contribution in [3.63, 3.8) is 0 Å². The van der Waals surface area contributed by atoms with Crippen LogP contribution in [0, 0.1) is 24.3 Å². The van der Waals surface area contributed by atoms with Gasteiger partial charge in [0.25, 0.3) is 0 Å². The van der Waals surface area contributed by atoms with E-state index in [0.29, 0.717) is 5.92 Å². The molecule has 0 heterocycles. The molecule has 0 amide bonds. The molecule has 2 aliphatic rings. The molecule has 2 aliphatic carbocycles. The van der Waals surface area contributed by atoms with E-state index in [1.165, 1.54) is 43.8 Å². The molecule has 3 atom stereocenters. The standard InChI is InChI=1S/2C18H15P.C13H12.Pd/c2*1-4-10-16(11-5-1)19(17-12-6-2-7-13-17)18-14-8-3-9-15-18;1-2-4-11(5-3-1)13-9-10-6-7-12(13)8-10;/h2*1-15H;1-4,6-7,9-10,12-13H,8H2;/q;;-2;+2/t;;10-,12+,13-;/m..1./s1. The van der Waals surface area contributed by atoms with Gasteiger partial charge in [0.1, 0.15) is 0 Å². The first-order valence-electron chi connectivity index (χ1n) is 17.7. The molecule has 2 bridgehead atoms. The molecule has 0 N–H and O–H groups in total. The van der Waals surface area contributed by atoms with Crippen molar-refractivity contribution >= 4 is 47.7 Å². The van der Waals surface area contributed by atoms with E-state index in [1.54, 1.807) is 0 Å². The summed E-state index contributed by atoms with van der Waals surface area (Å²) in [6.07, 6.45) is 8.50. The molecule has 0 spiro atoms. The predicted molar refractivity (Wildman–Crippen MR) is 223 cm³/mol. The predicted octanol–water partition coefficient (Wildman–Crippen LogP) is 9.87. The summed E-state index contributed by atoms with van der Waals surface area (Å²) < 4.78 is 0. The van der Waals surface area contributed by atoms with Gasteiger partial charge in [0.05, 0.1) is 0 Å². The molecule has 7 aromatic rings. The van der Waals surface area contributed by atoms with Crippen LogP contribution in [0.4, 0.5) is 0 Å². The van der Waals surface area contributed by atoms with E-state index < -0.39 is 15.8 Å². The first-order valence-corrected chi connectivity index (χ1v) is 20.4. The Morgan fingerprint density at radius 2 is 0.731 bits per heavy atom. The normalized spacial score (nSPS) is 16.6. The Morgan fingerprint density at radius 3 is 0.981 bits per heavy atom. The van der Waals surface area contributed by atoms with Crippen molar-refractivity contribution in [3.05, 3.63) is 236 Å². The maximum absolute atomic E-state index is 3.33. The van der Waals surface area contributed by atoms with Crippen molar-refractivity contribution in [2.45, 2.75) is 12.3 Å². The number of fused-ring (bicyclic) bond motifs is 2. The Kier molecular flexibility index (Phi) is 14.1. The molecule has 0 aliphatic heterocycles. The van der Waals surface area contributed by atoms with Gasteiger partial charge >= 0.3 is 20.4 Å². The second kappa shape index (κ2) is 19.6. The summed E-state index contributed by atoms with van der Waals surface area (Å²) in [6.45, 7) is 0. The monoisotopic (exact) mass is 798 g/mol. The Hall–Kier alpha value is -4.20. The van der Waals surface area contributed by atoms with Crippen LogP contribution in [0.3, 0.4) is 0 Å². The van der Waals surface area contributed by atoms with Gasteiger partial charge in [-0.25, -0.2) is 0 Å². The van der Waals surface area contributed by atoms with Gasteiger partial charge in [-0.1, -0.05) is 194 Å². The van der Waals surface area contributed by atoms with Crippen LogP contribution in [-0.2, 0) is 20.4 Å². The molecule has 1 fully saturated rings. The van der Waals surface area contributed by atoms with Crippen molar-refractivity contribution < 1.29 is 20.4 Å². The van der Waals surface area contributed by atoms with Gasteiger partial charge in [0, 0.05) is 0 Å². The summed E-state index contributed by atoms with van der Waals surface area (Å²) in [6, 6.07) is 76.3. The topological polar surface area (TPSA) is 0 Å². The summed E-state index contributed by atoms with van der Waals surface area (Å²) in [5, 5.41) is 8.39. The average molecular weight is 799 g/mol. The van der Waals surface area contributed by atoms with E-state index >= 15 is 0 Å². The summed E-state index contributed by atoms with van der Waals surface area (Å²) >= 11 is 0. The molecule has 0 unspecified atom stereocenters. The fraction of sp³-hybridized carbons (Fsp3) is 0.0816. The second-order valence-electron chi connectivity index (χ2n) is 12.7. The quantitative estimate of drug-likeness (QED) is 0.0653. The summed E-state index contributed by atoms with van der Waals surface area (Å²) in [4.78, 5) is 0. The number of benzene rings is 7. The molecule has 0 nitrogen and oxygen atoms in total. The van der Waals surface area contributed by atoms with Gasteiger partial charge < -0.3 is 6.42 Å². The first kappa shape index (κ1) is 37.6. The van der Waals surface area contributed by atoms with Crippen LogP contribution in [-0.4, -0.2) is 0 Å².